The summed E-state index contributed by atoms with van der Waals surface area (Å²) < 4.78 is 0. The van der Waals surface area contributed by atoms with E-state index in [0.29, 0.717) is 5.56 Å². The standard InChI is InChI=1S/C12H16O3/c1-3-7-10(2)14-15-12(13)11-8-5-4-6-9-11/h4-6,8-10H,3,7H2,1-2H3. The summed E-state index contributed by atoms with van der Waals surface area (Å²) in [5, 5.41) is 0. The third-order valence-corrected chi connectivity index (χ3v) is 1.99. The van der Waals surface area contributed by atoms with Gasteiger partial charge < -0.3 is 0 Å². The monoisotopic (exact) mass is 208 g/mol. The molecule has 3 nitrogen and oxygen atoms in total. The largest absolute Gasteiger partial charge is 0.373 e. The topological polar surface area (TPSA) is 35.5 Å². The molecule has 0 radical (unpaired) electrons. The first kappa shape index (κ1) is 11.7. The second-order valence-corrected chi connectivity index (χ2v) is 3.43. The van der Waals surface area contributed by atoms with Crippen LogP contribution in [0.15, 0.2) is 30.3 Å². The Kier molecular flexibility index (Phi) is 4.84. The number of benzene rings is 1. The first-order valence-electron chi connectivity index (χ1n) is 5.16. The third kappa shape index (κ3) is 4.13. The quantitative estimate of drug-likeness (QED) is 0.551. The van der Waals surface area contributed by atoms with E-state index in [1.54, 1.807) is 24.3 Å². The number of carbonyl (C=O) groups excluding carboxylic acids is 1. The summed E-state index contributed by atoms with van der Waals surface area (Å²) in [6.07, 6.45) is 1.83. The van der Waals surface area contributed by atoms with Crippen LogP contribution in [0.1, 0.15) is 37.0 Å². The van der Waals surface area contributed by atoms with Crippen molar-refractivity contribution in [2.45, 2.75) is 32.8 Å². The van der Waals surface area contributed by atoms with Gasteiger partial charge in [0.1, 0.15) is 6.10 Å². The van der Waals surface area contributed by atoms with Crippen molar-refractivity contribution < 1.29 is 14.6 Å². The summed E-state index contributed by atoms with van der Waals surface area (Å²) in [6.45, 7) is 3.93. The Morgan fingerprint density at radius 1 is 1.33 bits per heavy atom. The van der Waals surface area contributed by atoms with Crippen molar-refractivity contribution in [1.82, 2.24) is 0 Å². The predicted molar refractivity (Wildman–Crippen MR) is 57.3 cm³/mol. The number of hydrogen-bond donors (Lipinski definition) is 0. The third-order valence-electron chi connectivity index (χ3n) is 1.99. The average Bonchev–Trinajstić information content (AvgIpc) is 2.27. The van der Waals surface area contributed by atoms with Gasteiger partial charge >= 0.3 is 5.97 Å². The highest BCUT2D eigenvalue weighted by atomic mass is 17.2. The summed E-state index contributed by atoms with van der Waals surface area (Å²) >= 11 is 0. The Bertz CT molecular complexity index is 295. The first-order valence-corrected chi connectivity index (χ1v) is 5.16. The van der Waals surface area contributed by atoms with Gasteiger partial charge in [0.15, 0.2) is 0 Å². The van der Waals surface area contributed by atoms with Gasteiger partial charge in [0, 0.05) is 0 Å². The molecule has 0 amide bonds. The Hall–Kier alpha value is -1.35. The summed E-state index contributed by atoms with van der Waals surface area (Å²) in [4.78, 5) is 21.1. The minimum Gasteiger partial charge on any atom is -0.293 e. The molecule has 0 saturated carbocycles. The molecule has 0 saturated heterocycles. The van der Waals surface area contributed by atoms with Crippen LogP contribution in [0.3, 0.4) is 0 Å². The van der Waals surface area contributed by atoms with Crippen LogP contribution >= 0.6 is 0 Å². The Labute approximate surface area is 89.9 Å². The van der Waals surface area contributed by atoms with E-state index in [0.717, 1.165) is 12.8 Å². The van der Waals surface area contributed by atoms with Crippen molar-refractivity contribution in [2.24, 2.45) is 0 Å². The SMILES string of the molecule is CCCC(C)OOC(=O)c1ccccc1. The first-order chi connectivity index (χ1) is 7.24. The molecule has 0 N–H and O–H groups in total. The number of rotatable bonds is 5. The lowest BCUT2D eigenvalue weighted by Gasteiger charge is -2.09. The van der Waals surface area contributed by atoms with E-state index in [1.165, 1.54) is 0 Å². The molecule has 0 heterocycles. The lowest BCUT2D eigenvalue weighted by molar-refractivity contribution is -0.271. The lowest BCUT2D eigenvalue weighted by atomic mass is 10.2. The maximum Gasteiger partial charge on any atom is 0.373 e. The predicted octanol–water partition coefficient (Wildman–Crippen LogP) is 2.96. The lowest BCUT2D eigenvalue weighted by Crippen LogP contribution is -2.13. The van der Waals surface area contributed by atoms with Crippen molar-refractivity contribution in [2.75, 3.05) is 0 Å². The van der Waals surface area contributed by atoms with Crippen molar-refractivity contribution in [1.29, 1.82) is 0 Å². The van der Waals surface area contributed by atoms with Gasteiger partial charge in [-0.2, -0.15) is 4.89 Å². The van der Waals surface area contributed by atoms with Crippen molar-refractivity contribution >= 4 is 5.97 Å². The van der Waals surface area contributed by atoms with Gasteiger partial charge in [-0.25, -0.2) is 4.79 Å². The molecule has 0 spiro atoms. The molecule has 1 rings (SSSR count). The molecular weight excluding hydrogens is 192 g/mol. The van der Waals surface area contributed by atoms with Crippen LogP contribution in [0.5, 0.6) is 0 Å². The average molecular weight is 208 g/mol. The minimum absolute atomic E-state index is 0.0531. The van der Waals surface area contributed by atoms with E-state index in [9.17, 15) is 4.79 Å². The zero-order valence-electron chi connectivity index (χ0n) is 9.10. The van der Waals surface area contributed by atoms with Gasteiger partial charge in [0.25, 0.3) is 0 Å². The Morgan fingerprint density at radius 2 is 2.00 bits per heavy atom. The molecule has 0 bridgehead atoms. The van der Waals surface area contributed by atoms with Gasteiger partial charge in [-0.05, 0) is 25.5 Å². The maximum absolute atomic E-state index is 11.4. The van der Waals surface area contributed by atoms with E-state index < -0.39 is 5.97 Å². The van der Waals surface area contributed by atoms with Gasteiger partial charge in [-0.3, -0.25) is 4.89 Å². The van der Waals surface area contributed by atoms with Crippen LogP contribution in [-0.2, 0) is 9.78 Å². The molecule has 1 unspecified atom stereocenters. The highest BCUT2D eigenvalue weighted by Crippen LogP contribution is 2.05. The molecule has 1 aromatic carbocycles. The van der Waals surface area contributed by atoms with E-state index >= 15 is 0 Å². The van der Waals surface area contributed by atoms with Crippen molar-refractivity contribution in [3.8, 4) is 0 Å². The van der Waals surface area contributed by atoms with Crippen LogP contribution in [0.25, 0.3) is 0 Å². The fourth-order valence-electron chi connectivity index (χ4n) is 1.20. The summed E-state index contributed by atoms with van der Waals surface area (Å²) in [6, 6.07) is 8.79. The Morgan fingerprint density at radius 3 is 2.60 bits per heavy atom. The normalized spacial score (nSPS) is 12.1. The van der Waals surface area contributed by atoms with Gasteiger partial charge in [0.05, 0.1) is 5.56 Å². The van der Waals surface area contributed by atoms with Crippen LogP contribution in [0.2, 0.25) is 0 Å². The molecule has 0 aliphatic carbocycles. The van der Waals surface area contributed by atoms with Gasteiger partial charge in [-0.15, -0.1) is 0 Å². The Balaban J connectivity index is 2.37. The fourth-order valence-corrected chi connectivity index (χ4v) is 1.20. The molecule has 0 aliphatic rings. The second kappa shape index (κ2) is 6.19. The molecule has 3 heteroatoms. The highest BCUT2D eigenvalue weighted by Gasteiger charge is 2.09. The molecule has 1 aromatic rings. The number of hydrogen-bond acceptors (Lipinski definition) is 3. The van der Waals surface area contributed by atoms with Crippen LogP contribution in [-0.4, -0.2) is 12.1 Å². The van der Waals surface area contributed by atoms with Crippen molar-refractivity contribution in [3.63, 3.8) is 0 Å². The maximum atomic E-state index is 11.4. The minimum atomic E-state index is -0.446. The van der Waals surface area contributed by atoms with Gasteiger partial charge in [-0.1, -0.05) is 31.5 Å². The summed E-state index contributed by atoms with van der Waals surface area (Å²) in [5.41, 5.74) is 0.501. The van der Waals surface area contributed by atoms with Crippen LogP contribution < -0.4 is 0 Å². The second-order valence-electron chi connectivity index (χ2n) is 3.43. The van der Waals surface area contributed by atoms with Gasteiger partial charge in [0.2, 0.25) is 0 Å². The number of carbonyl (C=O) groups is 1. The van der Waals surface area contributed by atoms with Crippen LogP contribution in [0, 0.1) is 0 Å². The molecule has 15 heavy (non-hydrogen) atoms. The van der Waals surface area contributed by atoms with E-state index in [4.69, 9.17) is 9.78 Å². The molecule has 0 aromatic heterocycles. The summed E-state index contributed by atoms with van der Waals surface area (Å²) in [5.74, 6) is -0.446. The van der Waals surface area contributed by atoms with E-state index in [-0.39, 0.29) is 6.10 Å². The molecule has 1 atom stereocenters. The zero-order chi connectivity index (χ0) is 11.1. The molecule has 0 aliphatic heterocycles. The summed E-state index contributed by atoms with van der Waals surface area (Å²) in [7, 11) is 0. The molecular formula is C12H16O3. The molecule has 82 valence electrons. The molecule has 0 fully saturated rings. The zero-order valence-corrected chi connectivity index (χ0v) is 9.10. The van der Waals surface area contributed by atoms with Crippen LogP contribution in [0.4, 0.5) is 0 Å². The van der Waals surface area contributed by atoms with E-state index in [2.05, 4.69) is 6.92 Å². The smallest absolute Gasteiger partial charge is 0.293 e. The highest BCUT2D eigenvalue weighted by molar-refractivity contribution is 5.88. The van der Waals surface area contributed by atoms with E-state index in [1.807, 2.05) is 13.0 Å². The van der Waals surface area contributed by atoms with Crippen molar-refractivity contribution in [3.05, 3.63) is 35.9 Å². The fraction of sp³-hybridized carbons (Fsp3) is 0.417.